The van der Waals surface area contributed by atoms with E-state index in [0.29, 0.717) is 0 Å². The molecule has 0 heterocycles. The van der Waals surface area contributed by atoms with Gasteiger partial charge in [0.1, 0.15) is 0 Å². The van der Waals surface area contributed by atoms with Crippen LogP contribution in [0.5, 0.6) is 0 Å². The molecule has 0 aromatic heterocycles. The Morgan fingerprint density at radius 3 is 0.800 bits per heavy atom. The Hall–Kier alpha value is 1.85. The zero-order valence-electron chi connectivity index (χ0n) is 1.92. The van der Waals surface area contributed by atoms with Crippen LogP contribution in [0.25, 0.3) is 0 Å². The fourth-order valence-electron chi connectivity index (χ4n) is 0. The standard InChI is InChI=1S/4ClH.Mo/h4*1H;/q;;;;+5/p-4. The van der Waals surface area contributed by atoms with Crippen molar-refractivity contribution < 1.29 is 11.9 Å². The minimum absolute atomic E-state index is 3.13. The van der Waals surface area contributed by atoms with Crippen LogP contribution in [-0.4, -0.2) is 0 Å². The maximum atomic E-state index is 5.02. The predicted molar refractivity (Wildman–Crippen MR) is 23.4 cm³/mol. The van der Waals surface area contributed by atoms with E-state index in [-0.39, 0.29) is 0 Å². The molecule has 0 aromatic rings. The molecule has 0 unspecified atom stereocenters. The van der Waals surface area contributed by atoms with E-state index in [2.05, 4.69) is 0 Å². The summed E-state index contributed by atoms with van der Waals surface area (Å²) in [5.41, 5.74) is 0. The van der Waals surface area contributed by atoms with Gasteiger partial charge in [-0.25, -0.2) is 0 Å². The van der Waals surface area contributed by atoms with Gasteiger partial charge in [-0.3, -0.25) is 0 Å². The SMILES string of the molecule is [Cl][Mo+]([Cl])([Cl])[Cl]. The van der Waals surface area contributed by atoms with Gasteiger partial charge in [0, 0.05) is 0 Å². The van der Waals surface area contributed by atoms with Gasteiger partial charge in [0.15, 0.2) is 0 Å². The monoisotopic (exact) mass is 238 g/mol. The maximum absolute atomic E-state index is 5.02. The fraction of sp³-hybridized carbons (Fsp3) is 0. The van der Waals surface area contributed by atoms with Crippen LogP contribution in [0.3, 0.4) is 0 Å². The number of halogens is 4. The van der Waals surface area contributed by atoms with Crippen molar-refractivity contribution in [3.8, 4) is 0 Å². The van der Waals surface area contributed by atoms with E-state index in [4.69, 9.17) is 37.7 Å². The van der Waals surface area contributed by atoms with Crippen molar-refractivity contribution in [1.29, 1.82) is 0 Å². The molecule has 0 spiro atoms. The Kier molecular flexibility index (Phi) is 3.06. The number of rotatable bonds is 0. The summed E-state index contributed by atoms with van der Waals surface area (Å²) in [6.45, 7) is 0. The topological polar surface area (TPSA) is 0 Å². The summed E-state index contributed by atoms with van der Waals surface area (Å²) in [5.74, 6) is 0. The van der Waals surface area contributed by atoms with E-state index in [1.54, 1.807) is 0 Å². The first-order valence-electron chi connectivity index (χ1n) is 0.617. The van der Waals surface area contributed by atoms with Gasteiger partial charge in [-0.1, -0.05) is 0 Å². The van der Waals surface area contributed by atoms with Crippen LogP contribution in [0, 0.1) is 0 Å². The van der Waals surface area contributed by atoms with Gasteiger partial charge in [-0.05, 0) is 0 Å². The van der Waals surface area contributed by atoms with E-state index in [0.717, 1.165) is 0 Å². The molecule has 0 radical (unpaired) electrons. The molecule has 5 heteroatoms. The first kappa shape index (κ1) is 6.85. The van der Waals surface area contributed by atoms with Crippen LogP contribution in [-0.2, 0) is 11.9 Å². The number of hydrogen-bond acceptors (Lipinski definition) is 0. The molecule has 0 saturated heterocycles. The number of hydrogen-bond donors (Lipinski definition) is 0. The summed E-state index contributed by atoms with van der Waals surface area (Å²) in [7, 11) is 20.1. The van der Waals surface area contributed by atoms with Crippen LogP contribution in [0.4, 0.5) is 0 Å². The molecule has 33 valence electrons. The minimum atomic E-state index is -3.13. The zero-order chi connectivity index (χ0) is 4.50. The third-order valence-electron chi connectivity index (χ3n) is 0. The van der Waals surface area contributed by atoms with Gasteiger partial charge in [0.05, 0.1) is 0 Å². The first-order chi connectivity index (χ1) is 2.00. The van der Waals surface area contributed by atoms with Crippen molar-refractivity contribution in [2.75, 3.05) is 0 Å². The molecular weight excluding hydrogens is 238 g/mol. The molecule has 0 aromatic carbocycles. The Bertz CT molecular complexity index is 19.1. The molecule has 0 atom stereocenters. The third-order valence-corrected chi connectivity index (χ3v) is 0. The second-order valence-electron chi connectivity index (χ2n) is 0.350. The molecule has 0 rings (SSSR count). The van der Waals surface area contributed by atoms with E-state index in [9.17, 15) is 0 Å². The molecule has 0 N–H and O–H groups in total. The van der Waals surface area contributed by atoms with Crippen molar-refractivity contribution in [1.82, 2.24) is 0 Å². The van der Waals surface area contributed by atoms with Crippen molar-refractivity contribution in [2.24, 2.45) is 0 Å². The molecule has 0 aliphatic heterocycles. The second-order valence-corrected chi connectivity index (χ2v) is 18.6. The van der Waals surface area contributed by atoms with Crippen LogP contribution in [0.2, 0.25) is 0 Å². The average Bonchev–Trinajstić information content (AvgIpc) is 0.722. The van der Waals surface area contributed by atoms with Crippen LogP contribution >= 0.6 is 37.7 Å². The molecular formula is Cl4Mo+. The van der Waals surface area contributed by atoms with Crippen molar-refractivity contribution >= 4 is 37.7 Å². The second kappa shape index (κ2) is 2.23. The molecule has 0 saturated carbocycles. The Morgan fingerprint density at radius 2 is 0.800 bits per heavy atom. The molecule has 5 heavy (non-hydrogen) atoms. The van der Waals surface area contributed by atoms with Crippen molar-refractivity contribution in [3.05, 3.63) is 0 Å². The van der Waals surface area contributed by atoms with E-state index >= 15 is 0 Å². The fourth-order valence-corrected chi connectivity index (χ4v) is 0. The van der Waals surface area contributed by atoms with Gasteiger partial charge in [-0.15, -0.1) is 0 Å². The van der Waals surface area contributed by atoms with Gasteiger partial charge >= 0.3 is 49.6 Å². The van der Waals surface area contributed by atoms with E-state index in [1.807, 2.05) is 0 Å². The Labute approximate surface area is 49.2 Å². The average molecular weight is 238 g/mol. The van der Waals surface area contributed by atoms with Crippen LogP contribution in [0.15, 0.2) is 0 Å². The van der Waals surface area contributed by atoms with Gasteiger partial charge in [0.25, 0.3) is 0 Å². The normalized spacial score (nSPS) is 12.0. The van der Waals surface area contributed by atoms with E-state index < -0.39 is 11.9 Å². The zero-order valence-corrected chi connectivity index (χ0v) is 6.95. The van der Waals surface area contributed by atoms with Gasteiger partial charge in [-0.2, -0.15) is 0 Å². The first-order valence-corrected chi connectivity index (χ1v) is 11.0. The summed E-state index contributed by atoms with van der Waals surface area (Å²) in [6.07, 6.45) is 0. The molecule has 0 amide bonds. The summed E-state index contributed by atoms with van der Waals surface area (Å²) in [4.78, 5) is 0. The Balaban J connectivity index is 3.02. The Morgan fingerprint density at radius 1 is 0.800 bits per heavy atom. The van der Waals surface area contributed by atoms with Crippen molar-refractivity contribution in [2.45, 2.75) is 0 Å². The summed E-state index contributed by atoms with van der Waals surface area (Å²) < 4.78 is 0. The quantitative estimate of drug-likeness (QED) is 0.569. The van der Waals surface area contributed by atoms with Crippen molar-refractivity contribution in [3.63, 3.8) is 0 Å². The molecule has 0 bridgehead atoms. The van der Waals surface area contributed by atoms with Crippen LogP contribution in [0.1, 0.15) is 0 Å². The molecule has 0 aliphatic carbocycles. The third kappa shape index (κ3) is 25.4. The predicted octanol–water partition coefficient (Wildman–Crippen LogP) is 2.76. The molecule has 0 aliphatic rings. The summed E-state index contributed by atoms with van der Waals surface area (Å²) in [6, 6.07) is 0. The summed E-state index contributed by atoms with van der Waals surface area (Å²) >= 11 is -3.13. The summed E-state index contributed by atoms with van der Waals surface area (Å²) in [5, 5.41) is 0. The van der Waals surface area contributed by atoms with Crippen LogP contribution < -0.4 is 0 Å². The molecule has 0 fully saturated rings. The molecule has 0 nitrogen and oxygen atoms in total. The van der Waals surface area contributed by atoms with Gasteiger partial charge < -0.3 is 0 Å². The van der Waals surface area contributed by atoms with E-state index in [1.165, 1.54) is 0 Å². The van der Waals surface area contributed by atoms with Gasteiger partial charge in [0.2, 0.25) is 0 Å².